The topological polar surface area (TPSA) is 110 Å². The third-order valence-corrected chi connectivity index (χ3v) is 14.0. The fraction of sp³-hybridized carbons (Fsp3) is 0. The van der Waals surface area contributed by atoms with Gasteiger partial charge in [-0.1, -0.05) is 133 Å². The Morgan fingerprint density at radius 2 is 0.513 bits per heavy atom. The highest BCUT2D eigenvalue weighted by atomic mass is 16.4. The Morgan fingerprint density at radius 3 is 0.872 bits per heavy atom. The molecule has 0 aliphatic heterocycles. The molecule has 0 radical (unpaired) electrons. The smallest absolute Gasteiger partial charge is 0.248 e. The highest BCUT2D eigenvalue weighted by molar-refractivity contribution is 5.93. The maximum Gasteiger partial charge on any atom is 0.248 e. The SMILES string of the molecule is c1ccc(-c2nnc(-c3ccc(N(c4ccc(-c5nc6ccccc6nc5-c5ccc(N(c6ccc(-c7nnc(-c8ccccc8)o7)cc6)c6ccc7ccccc7c6)cc5)cc4)c4ccc5ccccc5c4)cc3)o2)cc1. The molecule has 0 saturated heterocycles. The van der Waals surface area contributed by atoms with Gasteiger partial charge in [-0.25, -0.2) is 9.97 Å². The lowest BCUT2D eigenvalue weighted by atomic mass is 10.0. The number of benzene rings is 11. The van der Waals surface area contributed by atoms with Gasteiger partial charge in [0.15, 0.2) is 0 Å². The van der Waals surface area contributed by atoms with E-state index in [4.69, 9.17) is 18.8 Å². The van der Waals surface area contributed by atoms with Crippen molar-refractivity contribution in [1.29, 1.82) is 0 Å². The lowest BCUT2D eigenvalue weighted by Gasteiger charge is -2.26. The second-order valence-corrected chi connectivity index (χ2v) is 18.9. The van der Waals surface area contributed by atoms with Crippen molar-refractivity contribution in [3.05, 3.63) is 267 Å². The zero-order valence-corrected chi connectivity index (χ0v) is 41.8. The number of fused-ring (bicyclic) bond motifs is 3. The van der Waals surface area contributed by atoms with Crippen LogP contribution in [0.1, 0.15) is 0 Å². The summed E-state index contributed by atoms with van der Waals surface area (Å²) < 4.78 is 12.3. The van der Waals surface area contributed by atoms with Gasteiger partial charge in [-0.3, -0.25) is 0 Å². The average molecular weight is 1010 g/mol. The molecule has 0 saturated carbocycles. The van der Waals surface area contributed by atoms with E-state index in [1.54, 1.807) is 0 Å². The monoisotopic (exact) mass is 1000 g/mol. The highest BCUT2D eigenvalue weighted by Crippen LogP contribution is 2.42. The van der Waals surface area contributed by atoms with E-state index in [0.29, 0.717) is 23.6 Å². The largest absolute Gasteiger partial charge is 0.416 e. The first-order valence-electron chi connectivity index (χ1n) is 25.7. The van der Waals surface area contributed by atoms with E-state index < -0.39 is 0 Å². The molecule has 3 heterocycles. The van der Waals surface area contributed by atoms with Gasteiger partial charge in [-0.05, 0) is 155 Å². The summed E-state index contributed by atoms with van der Waals surface area (Å²) in [4.78, 5) is 15.2. The quantitative estimate of drug-likeness (QED) is 0.117. The normalized spacial score (nSPS) is 11.3. The summed E-state index contributed by atoms with van der Waals surface area (Å²) in [5.74, 6) is 1.87. The van der Waals surface area contributed by atoms with Crippen molar-refractivity contribution < 1.29 is 8.83 Å². The van der Waals surface area contributed by atoms with Gasteiger partial charge in [0, 0.05) is 67.5 Å². The van der Waals surface area contributed by atoms with Gasteiger partial charge < -0.3 is 18.6 Å². The van der Waals surface area contributed by atoms with Crippen LogP contribution in [-0.4, -0.2) is 30.4 Å². The first-order valence-corrected chi connectivity index (χ1v) is 25.7. The van der Waals surface area contributed by atoms with Crippen LogP contribution in [0.15, 0.2) is 276 Å². The molecule has 0 amide bonds. The predicted molar refractivity (Wildman–Crippen MR) is 312 cm³/mol. The van der Waals surface area contributed by atoms with Crippen molar-refractivity contribution in [2.45, 2.75) is 0 Å². The summed E-state index contributed by atoms with van der Waals surface area (Å²) in [5, 5.41) is 22.1. The molecule has 10 heteroatoms. The van der Waals surface area contributed by atoms with Gasteiger partial charge in [0.05, 0.1) is 22.4 Å². The number of aromatic nitrogens is 6. The molecule has 0 N–H and O–H groups in total. The first-order chi connectivity index (χ1) is 38.6. The Labute approximate surface area is 448 Å². The zero-order valence-electron chi connectivity index (χ0n) is 41.8. The van der Waals surface area contributed by atoms with Gasteiger partial charge in [0.25, 0.3) is 0 Å². The van der Waals surface area contributed by atoms with E-state index in [9.17, 15) is 0 Å². The molecule has 14 rings (SSSR count). The molecule has 0 spiro atoms. The van der Waals surface area contributed by atoms with Crippen LogP contribution in [0, 0.1) is 0 Å². The van der Waals surface area contributed by atoms with Gasteiger partial charge in [-0.15, -0.1) is 20.4 Å². The lowest BCUT2D eigenvalue weighted by molar-refractivity contribution is 0.584. The summed E-state index contributed by atoms with van der Waals surface area (Å²) in [6.45, 7) is 0. The highest BCUT2D eigenvalue weighted by Gasteiger charge is 2.21. The van der Waals surface area contributed by atoms with Crippen molar-refractivity contribution in [2.24, 2.45) is 0 Å². The minimum Gasteiger partial charge on any atom is -0.416 e. The van der Waals surface area contributed by atoms with Crippen LogP contribution in [-0.2, 0) is 0 Å². The molecule has 368 valence electrons. The summed E-state index contributed by atoms with van der Waals surface area (Å²) in [7, 11) is 0. The molecule has 3 aromatic heterocycles. The summed E-state index contributed by atoms with van der Waals surface area (Å²) in [5.41, 5.74) is 14.4. The Bertz CT molecular complexity index is 4140. The van der Waals surface area contributed by atoms with Crippen LogP contribution in [0.5, 0.6) is 0 Å². The fourth-order valence-corrected chi connectivity index (χ4v) is 10.0. The third-order valence-electron chi connectivity index (χ3n) is 14.0. The predicted octanol–water partition coefficient (Wildman–Crippen LogP) is 17.6. The molecule has 11 aromatic carbocycles. The summed E-state index contributed by atoms with van der Waals surface area (Å²) >= 11 is 0. The van der Waals surface area contributed by atoms with Crippen molar-refractivity contribution in [3.63, 3.8) is 0 Å². The van der Waals surface area contributed by atoms with E-state index >= 15 is 0 Å². The maximum atomic E-state index is 6.14. The Morgan fingerprint density at radius 1 is 0.231 bits per heavy atom. The van der Waals surface area contributed by atoms with Crippen LogP contribution >= 0.6 is 0 Å². The van der Waals surface area contributed by atoms with Gasteiger partial charge in [0.1, 0.15) is 0 Å². The number of anilines is 6. The lowest BCUT2D eigenvalue weighted by Crippen LogP contribution is -2.10. The van der Waals surface area contributed by atoms with Crippen LogP contribution in [0.3, 0.4) is 0 Å². The number of para-hydroxylation sites is 2. The molecule has 0 unspecified atom stereocenters. The van der Waals surface area contributed by atoms with E-state index in [0.717, 1.165) is 101 Å². The summed E-state index contributed by atoms with van der Waals surface area (Å²) in [6, 6.07) is 91.3. The Hall–Kier alpha value is -10.8. The molecule has 0 aliphatic rings. The molecular formula is C68H44N8O2. The molecule has 14 aromatic rings. The van der Waals surface area contributed by atoms with Gasteiger partial charge in [0.2, 0.25) is 23.6 Å². The second-order valence-electron chi connectivity index (χ2n) is 18.9. The minimum atomic E-state index is 0.455. The molecule has 78 heavy (non-hydrogen) atoms. The first kappa shape index (κ1) is 45.7. The Balaban J connectivity index is 0.813. The Kier molecular flexibility index (Phi) is 11.6. The van der Waals surface area contributed by atoms with E-state index in [-0.39, 0.29) is 0 Å². The second kappa shape index (κ2) is 19.8. The van der Waals surface area contributed by atoms with Crippen LogP contribution < -0.4 is 9.80 Å². The standard InChI is InChI=1S/C68H44N8O2/c1-3-15-49(16-4-1)65-71-73-67(77-65)51-29-37-57(38-30-51)75(59-41-23-45-13-7-9-19-53(45)43-59)55-33-25-47(26-34-55)63-64(70-62-22-12-11-21-61(62)69-63)48-27-35-56(36-28-48)76(60-42-24-46-14-8-10-20-54(46)44-60)58-39-31-52(32-40-58)68-74-72-66(78-68)50-17-5-2-6-18-50/h1-44H. The minimum absolute atomic E-state index is 0.455. The number of hydrogen-bond acceptors (Lipinski definition) is 10. The molecule has 0 fully saturated rings. The van der Waals surface area contributed by atoms with E-state index in [1.165, 1.54) is 10.8 Å². The third kappa shape index (κ3) is 8.84. The van der Waals surface area contributed by atoms with Crippen LogP contribution in [0.4, 0.5) is 34.1 Å². The number of rotatable bonds is 12. The van der Waals surface area contributed by atoms with E-state index in [1.807, 2.05) is 109 Å². The molecule has 10 nitrogen and oxygen atoms in total. The molecule has 0 atom stereocenters. The van der Waals surface area contributed by atoms with Crippen molar-refractivity contribution in [1.82, 2.24) is 30.4 Å². The van der Waals surface area contributed by atoms with Gasteiger partial charge in [-0.2, -0.15) is 0 Å². The number of nitrogens with zero attached hydrogens (tertiary/aromatic N) is 8. The maximum absolute atomic E-state index is 6.14. The van der Waals surface area contributed by atoms with Crippen molar-refractivity contribution in [3.8, 4) is 68.3 Å². The van der Waals surface area contributed by atoms with Crippen molar-refractivity contribution in [2.75, 3.05) is 9.80 Å². The average Bonchev–Trinajstić information content (AvgIpc) is 4.24. The number of hydrogen-bond donors (Lipinski definition) is 0. The fourth-order valence-electron chi connectivity index (χ4n) is 10.0. The summed E-state index contributed by atoms with van der Waals surface area (Å²) in [6.07, 6.45) is 0. The zero-order chi connectivity index (χ0) is 51.8. The molecule has 0 aliphatic carbocycles. The van der Waals surface area contributed by atoms with Crippen molar-refractivity contribution >= 4 is 66.7 Å². The van der Waals surface area contributed by atoms with Gasteiger partial charge >= 0.3 is 0 Å². The van der Waals surface area contributed by atoms with E-state index in [2.05, 4.69) is 188 Å². The molecular weight excluding hydrogens is 961 g/mol. The molecule has 0 bridgehead atoms. The van der Waals surface area contributed by atoms with Crippen LogP contribution in [0.25, 0.3) is 101 Å². The van der Waals surface area contributed by atoms with Crippen LogP contribution in [0.2, 0.25) is 0 Å².